The van der Waals surface area contributed by atoms with Gasteiger partial charge in [0.15, 0.2) is 0 Å². The number of nitrogens with zero attached hydrogens (tertiary/aromatic N) is 1. The first kappa shape index (κ1) is 16.4. The molecule has 1 atom stereocenters. The van der Waals surface area contributed by atoms with Crippen molar-refractivity contribution in [2.45, 2.75) is 45.7 Å². The Labute approximate surface area is 126 Å². The molecule has 0 radical (unpaired) electrons. The fraction of sp³-hybridized carbons (Fsp3) is 0.647. The van der Waals surface area contributed by atoms with Crippen LogP contribution in [0.5, 0.6) is 0 Å². The van der Waals surface area contributed by atoms with Gasteiger partial charge < -0.3 is 5.32 Å². The molecule has 1 unspecified atom stereocenters. The molecule has 0 aromatic heterocycles. The molecule has 1 N–H and O–H groups in total. The Hall–Kier alpha value is -1.00. The van der Waals surface area contributed by atoms with E-state index in [9.17, 15) is 8.78 Å². The second-order valence-electron chi connectivity index (χ2n) is 6.28. The molecule has 1 saturated heterocycles. The van der Waals surface area contributed by atoms with E-state index in [0.29, 0.717) is 12.0 Å². The van der Waals surface area contributed by atoms with E-state index in [-0.39, 0.29) is 5.56 Å². The third-order valence-corrected chi connectivity index (χ3v) is 4.21. The lowest BCUT2D eigenvalue weighted by molar-refractivity contribution is 0.150. The Kier molecular flexibility index (Phi) is 6.12. The van der Waals surface area contributed by atoms with Crippen LogP contribution in [0.3, 0.4) is 0 Å². The normalized spacial score (nSPS) is 19.7. The lowest BCUT2D eigenvalue weighted by atomic mass is 9.98. The highest BCUT2D eigenvalue weighted by atomic mass is 19.3. The molecule has 118 valence electrons. The molecule has 2 nitrogen and oxygen atoms in total. The second-order valence-corrected chi connectivity index (χ2v) is 6.28. The van der Waals surface area contributed by atoms with Crippen LogP contribution in [0.4, 0.5) is 8.78 Å². The SMILES string of the molecule is CC(C)N(Cc1cccc(C(F)F)c1)CC1CCCNC1. The predicted molar refractivity (Wildman–Crippen MR) is 82.5 cm³/mol. The van der Waals surface area contributed by atoms with Crippen LogP contribution in [0.15, 0.2) is 24.3 Å². The molecule has 1 aromatic carbocycles. The summed E-state index contributed by atoms with van der Waals surface area (Å²) in [6.07, 6.45) is 0.102. The van der Waals surface area contributed by atoms with Crippen molar-refractivity contribution in [1.82, 2.24) is 10.2 Å². The number of halogens is 2. The summed E-state index contributed by atoms with van der Waals surface area (Å²) >= 11 is 0. The van der Waals surface area contributed by atoms with Crippen LogP contribution in [-0.2, 0) is 6.54 Å². The number of piperidine rings is 1. The van der Waals surface area contributed by atoms with E-state index in [1.807, 2.05) is 6.07 Å². The fourth-order valence-electron chi connectivity index (χ4n) is 2.93. The summed E-state index contributed by atoms with van der Waals surface area (Å²) in [5.74, 6) is 0.666. The molecule has 1 aliphatic heterocycles. The standard InChI is InChI=1S/C17H26F2N2/c1-13(2)21(12-15-6-4-8-20-10-15)11-14-5-3-7-16(9-14)17(18)19/h3,5,7,9,13,15,17,20H,4,6,8,10-12H2,1-2H3. The van der Waals surface area contributed by atoms with Gasteiger partial charge in [-0.15, -0.1) is 0 Å². The third-order valence-electron chi connectivity index (χ3n) is 4.21. The van der Waals surface area contributed by atoms with Crippen molar-refractivity contribution in [1.29, 1.82) is 0 Å². The Balaban J connectivity index is 2.00. The van der Waals surface area contributed by atoms with E-state index in [0.717, 1.165) is 31.7 Å². The summed E-state index contributed by atoms with van der Waals surface area (Å²) in [7, 11) is 0. The number of benzene rings is 1. The van der Waals surface area contributed by atoms with Crippen molar-refractivity contribution in [3.63, 3.8) is 0 Å². The van der Waals surface area contributed by atoms with Crippen LogP contribution < -0.4 is 5.32 Å². The molecule has 0 aliphatic carbocycles. The van der Waals surface area contributed by atoms with Gasteiger partial charge in [0.2, 0.25) is 0 Å². The van der Waals surface area contributed by atoms with Crippen molar-refractivity contribution in [3.8, 4) is 0 Å². The lowest BCUT2D eigenvalue weighted by Gasteiger charge is -2.33. The number of hydrogen-bond donors (Lipinski definition) is 1. The molecule has 4 heteroatoms. The van der Waals surface area contributed by atoms with Gasteiger partial charge in [0.1, 0.15) is 0 Å². The van der Waals surface area contributed by atoms with Gasteiger partial charge in [-0.25, -0.2) is 8.78 Å². The van der Waals surface area contributed by atoms with Gasteiger partial charge in [-0.2, -0.15) is 0 Å². The quantitative estimate of drug-likeness (QED) is 0.858. The first-order valence-corrected chi connectivity index (χ1v) is 7.88. The molecule has 0 amide bonds. The smallest absolute Gasteiger partial charge is 0.263 e. The van der Waals surface area contributed by atoms with Gasteiger partial charge in [0, 0.05) is 24.7 Å². The molecule has 0 bridgehead atoms. The summed E-state index contributed by atoms with van der Waals surface area (Å²) in [4.78, 5) is 2.39. The highest BCUT2D eigenvalue weighted by Gasteiger charge is 2.19. The zero-order valence-corrected chi connectivity index (χ0v) is 13.0. The van der Waals surface area contributed by atoms with Gasteiger partial charge >= 0.3 is 0 Å². The van der Waals surface area contributed by atoms with E-state index in [2.05, 4.69) is 24.1 Å². The van der Waals surface area contributed by atoms with Crippen molar-refractivity contribution in [3.05, 3.63) is 35.4 Å². The molecule has 1 heterocycles. The largest absolute Gasteiger partial charge is 0.316 e. The van der Waals surface area contributed by atoms with Crippen molar-refractivity contribution >= 4 is 0 Å². The molecule has 2 rings (SSSR count). The van der Waals surface area contributed by atoms with Gasteiger partial charge in [0.05, 0.1) is 0 Å². The number of alkyl halides is 2. The first-order valence-electron chi connectivity index (χ1n) is 7.88. The van der Waals surface area contributed by atoms with E-state index in [1.165, 1.54) is 18.9 Å². The van der Waals surface area contributed by atoms with Crippen LogP contribution >= 0.6 is 0 Å². The Morgan fingerprint density at radius 1 is 1.33 bits per heavy atom. The average molecular weight is 296 g/mol. The number of rotatable bonds is 6. The van der Waals surface area contributed by atoms with E-state index in [4.69, 9.17) is 0 Å². The fourth-order valence-corrected chi connectivity index (χ4v) is 2.93. The summed E-state index contributed by atoms with van der Waals surface area (Å²) in [6.45, 7) is 8.31. The monoisotopic (exact) mass is 296 g/mol. The lowest BCUT2D eigenvalue weighted by Crippen LogP contribution is -2.40. The van der Waals surface area contributed by atoms with Crippen molar-refractivity contribution in [2.24, 2.45) is 5.92 Å². The molecular formula is C17H26F2N2. The molecular weight excluding hydrogens is 270 g/mol. The van der Waals surface area contributed by atoms with Crippen LogP contribution in [0.1, 0.15) is 44.2 Å². The number of nitrogens with one attached hydrogen (secondary N) is 1. The third kappa shape index (κ3) is 5.04. The van der Waals surface area contributed by atoms with Gasteiger partial charge in [-0.05, 0) is 57.3 Å². The highest BCUT2D eigenvalue weighted by molar-refractivity contribution is 5.24. The summed E-state index contributed by atoms with van der Waals surface area (Å²) < 4.78 is 25.6. The zero-order valence-electron chi connectivity index (χ0n) is 13.0. The average Bonchev–Trinajstić information content (AvgIpc) is 2.48. The molecule has 0 saturated carbocycles. The molecule has 1 fully saturated rings. The Morgan fingerprint density at radius 3 is 2.76 bits per heavy atom. The Bertz CT molecular complexity index is 429. The van der Waals surface area contributed by atoms with Crippen molar-refractivity contribution < 1.29 is 8.78 Å². The maximum Gasteiger partial charge on any atom is 0.263 e. The van der Waals surface area contributed by atoms with Crippen LogP contribution in [0.25, 0.3) is 0 Å². The van der Waals surface area contributed by atoms with E-state index < -0.39 is 6.43 Å². The van der Waals surface area contributed by atoms with Gasteiger partial charge in [-0.3, -0.25) is 4.90 Å². The van der Waals surface area contributed by atoms with E-state index >= 15 is 0 Å². The van der Waals surface area contributed by atoms with Gasteiger partial charge in [0.25, 0.3) is 6.43 Å². The van der Waals surface area contributed by atoms with Crippen molar-refractivity contribution in [2.75, 3.05) is 19.6 Å². The predicted octanol–water partition coefficient (Wildman–Crippen LogP) is 3.83. The maximum atomic E-state index is 12.8. The molecule has 0 spiro atoms. The highest BCUT2D eigenvalue weighted by Crippen LogP contribution is 2.21. The summed E-state index contributed by atoms with van der Waals surface area (Å²) in [5.41, 5.74) is 1.10. The Morgan fingerprint density at radius 2 is 2.14 bits per heavy atom. The molecule has 21 heavy (non-hydrogen) atoms. The molecule has 1 aliphatic rings. The maximum absolute atomic E-state index is 12.8. The minimum atomic E-state index is -2.39. The summed E-state index contributed by atoms with van der Waals surface area (Å²) in [6, 6.07) is 7.23. The zero-order chi connectivity index (χ0) is 15.2. The van der Waals surface area contributed by atoms with Crippen LogP contribution in [0, 0.1) is 5.92 Å². The molecule has 1 aromatic rings. The second kappa shape index (κ2) is 7.85. The van der Waals surface area contributed by atoms with Crippen LogP contribution in [-0.4, -0.2) is 30.6 Å². The topological polar surface area (TPSA) is 15.3 Å². The van der Waals surface area contributed by atoms with E-state index in [1.54, 1.807) is 12.1 Å². The minimum Gasteiger partial charge on any atom is -0.316 e. The first-order chi connectivity index (χ1) is 10.1. The minimum absolute atomic E-state index is 0.121. The number of hydrogen-bond acceptors (Lipinski definition) is 2. The van der Waals surface area contributed by atoms with Crippen LogP contribution in [0.2, 0.25) is 0 Å². The summed E-state index contributed by atoms with van der Waals surface area (Å²) in [5, 5.41) is 3.44. The van der Waals surface area contributed by atoms with Gasteiger partial charge in [-0.1, -0.05) is 18.2 Å².